The van der Waals surface area contributed by atoms with Crippen LogP contribution in [0.2, 0.25) is 0 Å². The number of benzene rings is 2. The van der Waals surface area contributed by atoms with E-state index >= 15 is 0 Å². The molecule has 0 saturated carbocycles. The van der Waals surface area contributed by atoms with Crippen LogP contribution in [0.3, 0.4) is 0 Å². The van der Waals surface area contributed by atoms with Gasteiger partial charge in [-0.1, -0.05) is 6.07 Å². The molecule has 0 atom stereocenters. The summed E-state index contributed by atoms with van der Waals surface area (Å²) in [5.41, 5.74) is 1.02. The molecule has 230 valence electrons. The van der Waals surface area contributed by atoms with E-state index in [-0.39, 0.29) is 19.1 Å². The Balaban J connectivity index is 1.29. The monoisotopic (exact) mass is 617 g/mol. The van der Waals surface area contributed by atoms with Crippen LogP contribution in [-0.2, 0) is 25.2 Å². The number of halogens is 1. The highest BCUT2D eigenvalue weighted by molar-refractivity contribution is 7.46. The smallest absolute Gasteiger partial charge is 0.469 e. The van der Waals surface area contributed by atoms with E-state index < -0.39 is 13.6 Å². The topological polar surface area (TPSA) is 173 Å². The summed E-state index contributed by atoms with van der Waals surface area (Å²) in [7, 11) is -2.92. The van der Waals surface area contributed by atoms with E-state index in [0.717, 1.165) is 5.39 Å². The first kappa shape index (κ1) is 31.9. The van der Waals surface area contributed by atoms with Crippen molar-refractivity contribution in [1.82, 2.24) is 24.6 Å². The van der Waals surface area contributed by atoms with Crippen LogP contribution in [0.5, 0.6) is 5.75 Å². The molecule has 0 saturated heterocycles. The van der Waals surface area contributed by atoms with Crippen molar-refractivity contribution in [2.45, 2.75) is 13.0 Å². The van der Waals surface area contributed by atoms with Gasteiger partial charge in [-0.05, 0) is 36.8 Å². The van der Waals surface area contributed by atoms with Gasteiger partial charge in [0.1, 0.15) is 30.3 Å². The molecule has 4 rings (SSSR count). The van der Waals surface area contributed by atoms with E-state index in [2.05, 4.69) is 30.2 Å². The summed E-state index contributed by atoms with van der Waals surface area (Å²) >= 11 is 0. The van der Waals surface area contributed by atoms with Crippen molar-refractivity contribution < 1.29 is 37.5 Å². The Morgan fingerprint density at radius 2 is 1.91 bits per heavy atom. The van der Waals surface area contributed by atoms with Gasteiger partial charge in [0.05, 0.1) is 25.3 Å². The summed E-state index contributed by atoms with van der Waals surface area (Å²) in [6.07, 6.45) is 3.73. The van der Waals surface area contributed by atoms with Crippen molar-refractivity contribution in [1.29, 1.82) is 0 Å². The Morgan fingerprint density at radius 1 is 1.07 bits per heavy atom. The Labute approximate surface area is 247 Å². The first-order valence-corrected chi connectivity index (χ1v) is 14.9. The Hall–Kier alpha value is -3.98. The van der Waals surface area contributed by atoms with Gasteiger partial charge < -0.3 is 29.9 Å². The number of phosphoric acid groups is 1. The van der Waals surface area contributed by atoms with Gasteiger partial charge in [-0.3, -0.25) is 18.9 Å². The van der Waals surface area contributed by atoms with Gasteiger partial charge in [-0.2, -0.15) is 5.10 Å². The minimum absolute atomic E-state index is 0.0608. The fourth-order valence-corrected chi connectivity index (χ4v) is 4.42. The molecular weight excluding hydrogens is 584 g/mol. The van der Waals surface area contributed by atoms with Gasteiger partial charge in [0, 0.05) is 56.1 Å². The minimum atomic E-state index is -4.51. The SMILES string of the molecule is COCCN(CCCOc1ccc2c(Nc3ccn(CC(=O)Nc4cccc(F)c4)n3)ncnc2c1)CCOP(=O)(O)O. The molecule has 4 N–H and O–H groups in total. The fourth-order valence-electron chi connectivity index (χ4n) is 4.10. The second-order valence-electron chi connectivity index (χ2n) is 9.34. The van der Waals surface area contributed by atoms with E-state index in [4.69, 9.17) is 19.3 Å². The number of amides is 1. The summed E-state index contributed by atoms with van der Waals surface area (Å²) in [4.78, 5) is 40.7. The average molecular weight is 618 g/mol. The standard InChI is InChI=1S/C27H33FN7O7P/c1-40-14-11-34(12-15-42-43(37,38)39)9-3-13-41-22-6-7-23-24(17-22)29-19-30-27(23)32-25-8-10-35(33-25)18-26(36)31-21-5-2-4-20(28)16-21/h2,4-8,10,16-17,19H,3,9,11-15,18H2,1H3,(H,31,36)(H2,37,38,39)(H,29,30,32,33). The fraction of sp³-hybridized carbons (Fsp3) is 0.333. The maximum atomic E-state index is 13.4. The van der Waals surface area contributed by atoms with Gasteiger partial charge in [0.15, 0.2) is 5.82 Å². The molecule has 2 aromatic carbocycles. The number of ether oxygens (including phenoxy) is 2. The molecule has 2 heterocycles. The van der Waals surface area contributed by atoms with E-state index in [1.54, 1.807) is 31.5 Å². The van der Waals surface area contributed by atoms with Crippen molar-refractivity contribution in [3.63, 3.8) is 0 Å². The average Bonchev–Trinajstić information content (AvgIpc) is 3.39. The Kier molecular flexibility index (Phi) is 11.5. The summed E-state index contributed by atoms with van der Waals surface area (Å²) < 4.78 is 41.3. The number of phosphoric ester groups is 1. The predicted molar refractivity (Wildman–Crippen MR) is 157 cm³/mol. The molecule has 1 amide bonds. The van der Waals surface area contributed by atoms with Crippen molar-refractivity contribution >= 4 is 42.0 Å². The number of anilines is 3. The largest absolute Gasteiger partial charge is 0.493 e. The van der Waals surface area contributed by atoms with Crippen molar-refractivity contribution in [3.05, 3.63) is 66.9 Å². The van der Waals surface area contributed by atoms with Gasteiger partial charge >= 0.3 is 7.82 Å². The summed E-state index contributed by atoms with van der Waals surface area (Å²) in [5.74, 6) is 0.835. The number of carbonyl (C=O) groups excluding carboxylic acids is 1. The molecule has 0 unspecified atom stereocenters. The Bertz CT molecular complexity index is 1550. The molecule has 16 heteroatoms. The number of nitrogens with one attached hydrogen (secondary N) is 2. The lowest BCUT2D eigenvalue weighted by atomic mass is 10.2. The van der Waals surface area contributed by atoms with Gasteiger partial charge in [-0.15, -0.1) is 0 Å². The third-order valence-corrected chi connectivity index (χ3v) is 6.59. The number of fused-ring (bicyclic) bond motifs is 1. The summed E-state index contributed by atoms with van der Waals surface area (Å²) in [6, 6.07) is 12.8. The molecule has 4 aromatic rings. The second-order valence-corrected chi connectivity index (χ2v) is 10.6. The molecule has 0 aliphatic rings. The molecule has 0 aliphatic carbocycles. The molecule has 43 heavy (non-hydrogen) atoms. The van der Waals surface area contributed by atoms with Crippen LogP contribution < -0.4 is 15.4 Å². The lowest BCUT2D eigenvalue weighted by molar-refractivity contribution is -0.116. The predicted octanol–water partition coefficient (Wildman–Crippen LogP) is 3.17. The third-order valence-electron chi connectivity index (χ3n) is 6.08. The van der Waals surface area contributed by atoms with Crippen LogP contribution in [0.4, 0.5) is 21.7 Å². The van der Waals surface area contributed by atoms with Crippen molar-refractivity contribution in [2.24, 2.45) is 0 Å². The number of hydrogen-bond donors (Lipinski definition) is 4. The highest BCUT2D eigenvalue weighted by Crippen LogP contribution is 2.35. The molecule has 2 aromatic heterocycles. The van der Waals surface area contributed by atoms with Crippen LogP contribution >= 0.6 is 7.82 Å². The first-order valence-electron chi connectivity index (χ1n) is 13.3. The molecule has 0 fully saturated rings. The van der Waals surface area contributed by atoms with Crippen molar-refractivity contribution in [2.75, 3.05) is 57.2 Å². The number of rotatable bonds is 17. The van der Waals surface area contributed by atoms with E-state index in [0.29, 0.717) is 67.9 Å². The molecule has 0 bridgehead atoms. The van der Waals surface area contributed by atoms with Crippen molar-refractivity contribution in [3.8, 4) is 5.75 Å². The lowest BCUT2D eigenvalue weighted by Crippen LogP contribution is -2.32. The zero-order chi connectivity index (χ0) is 30.7. The summed E-state index contributed by atoms with van der Waals surface area (Å²) in [5, 5.41) is 10.9. The van der Waals surface area contributed by atoms with E-state index in [1.807, 2.05) is 17.0 Å². The second kappa shape index (κ2) is 15.5. The molecular formula is C27H33FN7O7P. The third kappa shape index (κ3) is 10.7. The van der Waals surface area contributed by atoms with E-state index in [1.165, 1.54) is 29.2 Å². The van der Waals surface area contributed by atoms with Crippen LogP contribution in [0, 0.1) is 5.82 Å². The maximum absolute atomic E-state index is 13.4. The summed E-state index contributed by atoms with van der Waals surface area (Å²) in [6.45, 7) is 2.28. The first-order chi connectivity index (χ1) is 20.7. The number of nitrogens with zero attached hydrogens (tertiary/aromatic N) is 5. The highest BCUT2D eigenvalue weighted by Gasteiger charge is 2.15. The highest BCUT2D eigenvalue weighted by atomic mass is 31.2. The number of carbonyl (C=O) groups is 1. The zero-order valence-corrected chi connectivity index (χ0v) is 24.3. The Morgan fingerprint density at radius 3 is 2.70 bits per heavy atom. The normalized spacial score (nSPS) is 11.7. The quantitative estimate of drug-likeness (QED) is 0.101. The van der Waals surface area contributed by atoms with Crippen LogP contribution in [0.15, 0.2) is 61.1 Å². The molecule has 14 nitrogen and oxygen atoms in total. The number of hydrogen-bond acceptors (Lipinski definition) is 10. The maximum Gasteiger partial charge on any atom is 0.469 e. The number of aromatic nitrogens is 4. The minimum Gasteiger partial charge on any atom is -0.493 e. The molecule has 0 aliphatic heterocycles. The van der Waals surface area contributed by atoms with Gasteiger partial charge in [0.2, 0.25) is 5.91 Å². The van der Waals surface area contributed by atoms with Crippen LogP contribution in [-0.4, -0.2) is 86.9 Å². The van der Waals surface area contributed by atoms with E-state index in [9.17, 15) is 13.8 Å². The van der Waals surface area contributed by atoms with Gasteiger partial charge in [0.25, 0.3) is 0 Å². The zero-order valence-electron chi connectivity index (χ0n) is 23.4. The van der Waals surface area contributed by atoms with Crippen LogP contribution in [0.25, 0.3) is 10.9 Å². The van der Waals surface area contributed by atoms with Crippen LogP contribution in [0.1, 0.15) is 6.42 Å². The van der Waals surface area contributed by atoms with Gasteiger partial charge in [-0.25, -0.2) is 18.9 Å². The number of methoxy groups -OCH3 is 1. The molecule has 0 radical (unpaired) electrons. The molecule has 0 spiro atoms. The lowest BCUT2D eigenvalue weighted by Gasteiger charge is -2.22.